The summed E-state index contributed by atoms with van der Waals surface area (Å²) < 4.78 is 0. The minimum Gasteiger partial charge on any atom is -0.505 e. The molecule has 0 amide bonds. The quantitative estimate of drug-likeness (QED) is 0.664. The summed E-state index contributed by atoms with van der Waals surface area (Å²) in [5, 5.41) is 9.68. The molecule has 2 aromatic rings. The first kappa shape index (κ1) is 7.98. The SMILES string of the molecule is Cc1cc(C)c2nccnc2c1O. The van der Waals surface area contributed by atoms with Crippen molar-refractivity contribution in [2.75, 3.05) is 0 Å². The molecule has 0 spiro atoms. The van der Waals surface area contributed by atoms with E-state index in [4.69, 9.17) is 0 Å². The van der Waals surface area contributed by atoms with Crippen LogP contribution in [0.4, 0.5) is 0 Å². The molecule has 2 rings (SSSR count). The predicted octanol–water partition coefficient (Wildman–Crippen LogP) is 1.95. The third-order valence-electron chi connectivity index (χ3n) is 2.10. The van der Waals surface area contributed by atoms with Gasteiger partial charge in [-0.05, 0) is 25.0 Å². The molecule has 0 atom stereocenters. The van der Waals surface area contributed by atoms with E-state index in [2.05, 4.69) is 9.97 Å². The van der Waals surface area contributed by atoms with E-state index in [9.17, 15) is 5.11 Å². The zero-order valence-electron chi connectivity index (χ0n) is 7.57. The highest BCUT2D eigenvalue weighted by molar-refractivity contribution is 5.84. The molecule has 3 heteroatoms. The topological polar surface area (TPSA) is 46.0 Å². The van der Waals surface area contributed by atoms with Crippen molar-refractivity contribution in [3.63, 3.8) is 0 Å². The van der Waals surface area contributed by atoms with Crippen molar-refractivity contribution in [3.8, 4) is 5.75 Å². The number of fused-ring (bicyclic) bond motifs is 1. The molecule has 0 fully saturated rings. The van der Waals surface area contributed by atoms with Gasteiger partial charge in [0.2, 0.25) is 0 Å². The fourth-order valence-electron chi connectivity index (χ4n) is 1.45. The van der Waals surface area contributed by atoms with Gasteiger partial charge in [0.15, 0.2) is 0 Å². The first-order valence-electron chi connectivity index (χ1n) is 4.10. The lowest BCUT2D eigenvalue weighted by Gasteiger charge is -2.04. The Labute approximate surface area is 76.1 Å². The van der Waals surface area contributed by atoms with Crippen molar-refractivity contribution >= 4 is 11.0 Å². The van der Waals surface area contributed by atoms with Crippen LogP contribution in [0.15, 0.2) is 18.5 Å². The third kappa shape index (κ3) is 1.13. The van der Waals surface area contributed by atoms with Crippen LogP contribution in [-0.2, 0) is 0 Å². The van der Waals surface area contributed by atoms with Crippen LogP contribution in [0.25, 0.3) is 11.0 Å². The fourth-order valence-corrected chi connectivity index (χ4v) is 1.45. The van der Waals surface area contributed by atoms with Gasteiger partial charge >= 0.3 is 0 Å². The van der Waals surface area contributed by atoms with E-state index in [1.807, 2.05) is 19.9 Å². The standard InChI is InChI=1S/C10H10N2O/c1-6-5-7(2)10(13)9-8(6)11-3-4-12-9/h3-5,13H,1-2H3. The van der Waals surface area contributed by atoms with Crippen LogP contribution < -0.4 is 0 Å². The summed E-state index contributed by atoms with van der Waals surface area (Å²) in [6.45, 7) is 3.82. The molecule has 13 heavy (non-hydrogen) atoms. The molecule has 1 heterocycles. The maximum absolute atomic E-state index is 9.68. The van der Waals surface area contributed by atoms with E-state index in [1.165, 1.54) is 0 Å². The summed E-state index contributed by atoms with van der Waals surface area (Å²) in [7, 11) is 0. The van der Waals surface area contributed by atoms with Gasteiger partial charge in [-0.1, -0.05) is 6.07 Å². The van der Waals surface area contributed by atoms with Gasteiger partial charge in [-0.15, -0.1) is 0 Å². The lowest BCUT2D eigenvalue weighted by molar-refractivity contribution is 0.476. The van der Waals surface area contributed by atoms with Gasteiger partial charge in [0.25, 0.3) is 0 Å². The third-order valence-corrected chi connectivity index (χ3v) is 2.10. The average molecular weight is 174 g/mol. The number of phenolic OH excluding ortho intramolecular Hbond substituents is 1. The predicted molar refractivity (Wildman–Crippen MR) is 50.7 cm³/mol. The van der Waals surface area contributed by atoms with E-state index in [-0.39, 0.29) is 5.75 Å². The number of nitrogens with zero attached hydrogens (tertiary/aromatic N) is 2. The van der Waals surface area contributed by atoms with Crippen LogP contribution >= 0.6 is 0 Å². The van der Waals surface area contributed by atoms with Gasteiger partial charge in [-0.25, -0.2) is 4.98 Å². The highest BCUT2D eigenvalue weighted by atomic mass is 16.3. The molecule has 0 unspecified atom stereocenters. The van der Waals surface area contributed by atoms with E-state index in [1.54, 1.807) is 12.4 Å². The largest absolute Gasteiger partial charge is 0.505 e. The molecule has 0 aliphatic rings. The lowest BCUT2D eigenvalue weighted by atomic mass is 10.1. The number of hydrogen-bond acceptors (Lipinski definition) is 3. The number of aromatic nitrogens is 2. The molecule has 0 saturated heterocycles. The van der Waals surface area contributed by atoms with Crippen LogP contribution in [0.2, 0.25) is 0 Å². The van der Waals surface area contributed by atoms with E-state index < -0.39 is 0 Å². The Morgan fingerprint density at radius 3 is 2.31 bits per heavy atom. The Morgan fingerprint density at radius 1 is 1.00 bits per heavy atom. The molecular weight excluding hydrogens is 164 g/mol. The van der Waals surface area contributed by atoms with Gasteiger partial charge in [-0.2, -0.15) is 0 Å². The smallest absolute Gasteiger partial charge is 0.146 e. The molecule has 66 valence electrons. The van der Waals surface area contributed by atoms with Crippen molar-refractivity contribution in [3.05, 3.63) is 29.6 Å². The van der Waals surface area contributed by atoms with Gasteiger partial charge < -0.3 is 5.11 Å². The number of hydrogen-bond donors (Lipinski definition) is 1. The Morgan fingerprint density at radius 2 is 1.62 bits per heavy atom. The zero-order valence-corrected chi connectivity index (χ0v) is 7.57. The molecule has 0 aliphatic heterocycles. The molecule has 0 bridgehead atoms. The minimum absolute atomic E-state index is 0.230. The van der Waals surface area contributed by atoms with Crippen LogP contribution in [0, 0.1) is 13.8 Å². The van der Waals surface area contributed by atoms with Crippen molar-refractivity contribution in [2.45, 2.75) is 13.8 Å². The summed E-state index contributed by atoms with van der Waals surface area (Å²) in [5.41, 5.74) is 3.23. The van der Waals surface area contributed by atoms with Gasteiger partial charge in [0, 0.05) is 12.4 Å². The Kier molecular flexibility index (Phi) is 1.65. The molecule has 0 saturated carbocycles. The van der Waals surface area contributed by atoms with E-state index >= 15 is 0 Å². The number of benzene rings is 1. The second kappa shape index (κ2) is 2.69. The van der Waals surface area contributed by atoms with Crippen molar-refractivity contribution in [1.29, 1.82) is 0 Å². The number of rotatable bonds is 0. The second-order valence-electron chi connectivity index (χ2n) is 3.11. The first-order valence-corrected chi connectivity index (χ1v) is 4.10. The molecule has 0 radical (unpaired) electrons. The molecule has 3 nitrogen and oxygen atoms in total. The maximum atomic E-state index is 9.68. The maximum Gasteiger partial charge on any atom is 0.146 e. The molecule has 1 N–H and O–H groups in total. The first-order chi connectivity index (χ1) is 6.20. The normalized spacial score (nSPS) is 10.6. The Hall–Kier alpha value is -1.64. The van der Waals surface area contributed by atoms with E-state index in [0.29, 0.717) is 5.52 Å². The highest BCUT2D eigenvalue weighted by Crippen LogP contribution is 2.27. The van der Waals surface area contributed by atoms with Crippen LogP contribution in [0.1, 0.15) is 11.1 Å². The van der Waals surface area contributed by atoms with Crippen molar-refractivity contribution in [2.24, 2.45) is 0 Å². The van der Waals surface area contributed by atoms with Crippen molar-refractivity contribution < 1.29 is 5.11 Å². The highest BCUT2D eigenvalue weighted by Gasteiger charge is 2.07. The molecule has 1 aromatic carbocycles. The monoisotopic (exact) mass is 174 g/mol. The summed E-state index contributed by atoms with van der Waals surface area (Å²) >= 11 is 0. The Balaban J connectivity index is 2.97. The van der Waals surface area contributed by atoms with Gasteiger partial charge in [-0.3, -0.25) is 4.98 Å². The van der Waals surface area contributed by atoms with Gasteiger partial charge in [0.1, 0.15) is 11.3 Å². The molecular formula is C10H10N2O. The number of aromatic hydroxyl groups is 1. The summed E-state index contributed by atoms with van der Waals surface area (Å²) in [6, 6.07) is 1.91. The fraction of sp³-hybridized carbons (Fsp3) is 0.200. The van der Waals surface area contributed by atoms with Gasteiger partial charge in [0.05, 0.1) is 5.52 Å². The molecule has 1 aromatic heterocycles. The Bertz CT molecular complexity index is 466. The lowest BCUT2D eigenvalue weighted by Crippen LogP contribution is -1.88. The number of phenols is 1. The second-order valence-corrected chi connectivity index (χ2v) is 3.11. The van der Waals surface area contributed by atoms with Crippen molar-refractivity contribution in [1.82, 2.24) is 9.97 Å². The summed E-state index contributed by atoms with van der Waals surface area (Å²) in [6.07, 6.45) is 3.21. The average Bonchev–Trinajstić information content (AvgIpc) is 2.15. The zero-order chi connectivity index (χ0) is 9.42. The van der Waals surface area contributed by atoms with Crippen LogP contribution in [-0.4, -0.2) is 15.1 Å². The minimum atomic E-state index is 0.230. The summed E-state index contributed by atoms with van der Waals surface area (Å²) in [5.74, 6) is 0.230. The van der Waals surface area contributed by atoms with Crippen LogP contribution in [0.3, 0.4) is 0 Å². The van der Waals surface area contributed by atoms with Crippen LogP contribution in [0.5, 0.6) is 5.75 Å². The molecule has 0 aliphatic carbocycles. The number of aryl methyl sites for hydroxylation is 2. The van der Waals surface area contributed by atoms with E-state index in [0.717, 1.165) is 16.6 Å². The summed E-state index contributed by atoms with van der Waals surface area (Å²) in [4.78, 5) is 8.25.